The zero-order valence-electron chi connectivity index (χ0n) is 8.64. The molecule has 0 aliphatic rings. The van der Waals surface area contributed by atoms with Crippen molar-refractivity contribution in [2.24, 2.45) is 0 Å². The van der Waals surface area contributed by atoms with E-state index in [-0.39, 0.29) is 16.9 Å². The average Bonchev–Trinajstić information content (AvgIpc) is 2.88. The summed E-state index contributed by atoms with van der Waals surface area (Å²) in [6, 6.07) is 7.09. The van der Waals surface area contributed by atoms with Crippen molar-refractivity contribution in [1.29, 1.82) is 0 Å². The van der Waals surface area contributed by atoms with Gasteiger partial charge < -0.3 is 9.32 Å². The number of hydrogen-bond donors (Lipinski definition) is 0. The van der Waals surface area contributed by atoms with Gasteiger partial charge in [0.1, 0.15) is 0 Å². The zero-order valence-corrected chi connectivity index (χ0v) is 10.2. The normalized spacial score (nSPS) is 10.4. The standard InChI is InChI=1S/C11H10ClNO2S/c1-13(7-8-3-2-6-16-8)11(14)9-4-5-10(12)15-9/h2-6H,7H2,1H3. The van der Waals surface area contributed by atoms with E-state index in [0.29, 0.717) is 6.54 Å². The summed E-state index contributed by atoms with van der Waals surface area (Å²) in [6.07, 6.45) is 0. The first-order valence-electron chi connectivity index (χ1n) is 4.70. The highest BCUT2D eigenvalue weighted by molar-refractivity contribution is 7.09. The molecule has 0 fully saturated rings. The van der Waals surface area contributed by atoms with E-state index in [1.165, 1.54) is 0 Å². The molecule has 16 heavy (non-hydrogen) atoms. The number of furan rings is 1. The molecule has 2 rings (SSSR count). The van der Waals surface area contributed by atoms with E-state index in [2.05, 4.69) is 0 Å². The Bertz CT molecular complexity index is 478. The first-order chi connectivity index (χ1) is 7.66. The molecule has 2 heterocycles. The van der Waals surface area contributed by atoms with E-state index in [4.69, 9.17) is 16.0 Å². The van der Waals surface area contributed by atoms with Gasteiger partial charge >= 0.3 is 0 Å². The van der Waals surface area contributed by atoms with E-state index in [1.54, 1.807) is 35.4 Å². The molecule has 2 aromatic rings. The lowest BCUT2D eigenvalue weighted by Crippen LogP contribution is -2.25. The van der Waals surface area contributed by atoms with Crippen LogP contribution in [0.3, 0.4) is 0 Å². The van der Waals surface area contributed by atoms with E-state index < -0.39 is 0 Å². The number of thiophene rings is 1. The molecule has 0 aromatic carbocycles. The van der Waals surface area contributed by atoms with Crippen molar-refractivity contribution in [1.82, 2.24) is 4.90 Å². The molecule has 0 atom stereocenters. The Labute approximate surface area is 102 Å². The lowest BCUT2D eigenvalue weighted by molar-refractivity contribution is 0.0755. The highest BCUT2D eigenvalue weighted by atomic mass is 35.5. The van der Waals surface area contributed by atoms with Gasteiger partial charge in [0.2, 0.25) is 0 Å². The van der Waals surface area contributed by atoms with Crippen LogP contribution in [0, 0.1) is 0 Å². The van der Waals surface area contributed by atoms with Gasteiger partial charge in [0.25, 0.3) is 5.91 Å². The number of nitrogens with zero attached hydrogens (tertiary/aromatic N) is 1. The third-order valence-electron chi connectivity index (χ3n) is 2.10. The number of rotatable bonds is 3. The molecular formula is C11H10ClNO2S. The van der Waals surface area contributed by atoms with E-state index >= 15 is 0 Å². The number of halogens is 1. The van der Waals surface area contributed by atoms with E-state index in [1.807, 2.05) is 17.5 Å². The molecule has 0 aliphatic carbocycles. The summed E-state index contributed by atoms with van der Waals surface area (Å²) in [5.41, 5.74) is 0. The Hall–Kier alpha value is -1.26. The monoisotopic (exact) mass is 255 g/mol. The fourth-order valence-corrected chi connectivity index (χ4v) is 2.23. The van der Waals surface area contributed by atoms with Gasteiger partial charge in [-0.25, -0.2) is 0 Å². The van der Waals surface area contributed by atoms with Gasteiger partial charge in [-0.2, -0.15) is 0 Å². The highest BCUT2D eigenvalue weighted by Gasteiger charge is 2.15. The summed E-state index contributed by atoms with van der Waals surface area (Å²) >= 11 is 7.24. The Morgan fingerprint density at radius 2 is 2.31 bits per heavy atom. The second-order valence-electron chi connectivity index (χ2n) is 3.34. The largest absolute Gasteiger partial charge is 0.440 e. The third-order valence-corrected chi connectivity index (χ3v) is 3.17. The molecule has 3 nitrogen and oxygen atoms in total. The van der Waals surface area contributed by atoms with Crippen molar-refractivity contribution >= 4 is 28.8 Å². The minimum absolute atomic E-state index is 0.166. The number of hydrogen-bond acceptors (Lipinski definition) is 3. The highest BCUT2D eigenvalue weighted by Crippen LogP contribution is 2.17. The Morgan fingerprint density at radius 3 is 2.88 bits per heavy atom. The fourth-order valence-electron chi connectivity index (χ4n) is 1.33. The van der Waals surface area contributed by atoms with Gasteiger partial charge in [-0.3, -0.25) is 4.79 Å². The molecular weight excluding hydrogens is 246 g/mol. The minimum atomic E-state index is -0.166. The van der Waals surface area contributed by atoms with Crippen molar-refractivity contribution in [3.05, 3.63) is 45.5 Å². The maximum absolute atomic E-state index is 11.9. The lowest BCUT2D eigenvalue weighted by atomic mass is 10.3. The molecule has 0 aliphatic heterocycles. The van der Waals surface area contributed by atoms with Crippen LogP contribution >= 0.6 is 22.9 Å². The Morgan fingerprint density at radius 1 is 1.50 bits per heavy atom. The van der Waals surface area contributed by atoms with Gasteiger partial charge in [0.05, 0.1) is 6.54 Å². The van der Waals surface area contributed by atoms with Crippen molar-refractivity contribution < 1.29 is 9.21 Å². The van der Waals surface area contributed by atoms with Crippen molar-refractivity contribution in [3.8, 4) is 0 Å². The molecule has 0 saturated carbocycles. The molecule has 1 amide bonds. The summed E-state index contributed by atoms with van der Waals surface area (Å²) < 4.78 is 5.06. The lowest BCUT2D eigenvalue weighted by Gasteiger charge is -2.14. The first kappa shape index (κ1) is 11.2. The van der Waals surface area contributed by atoms with Gasteiger partial charge in [-0.05, 0) is 35.2 Å². The number of carbonyl (C=O) groups is 1. The topological polar surface area (TPSA) is 33.5 Å². The molecule has 0 radical (unpaired) electrons. The second kappa shape index (κ2) is 4.72. The molecule has 5 heteroatoms. The summed E-state index contributed by atoms with van der Waals surface area (Å²) in [4.78, 5) is 14.6. The second-order valence-corrected chi connectivity index (χ2v) is 4.75. The SMILES string of the molecule is CN(Cc1cccs1)C(=O)c1ccc(Cl)o1. The summed E-state index contributed by atoms with van der Waals surface area (Å²) in [7, 11) is 1.73. The maximum Gasteiger partial charge on any atom is 0.289 e. The number of carbonyl (C=O) groups excluding carboxylic acids is 1. The van der Waals surface area contributed by atoms with Crippen LogP contribution in [-0.4, -0.2) is 17.9 Å². The number of amides is 1. The molecule has 0 saturated heterocycles. The quantitative estimate of drug-likeness (QED) is 0.843. The van der Waals surface area contributed by atoms with Gasteiger partial charge in [0, 0.05) is 11.9 Å². The molecule has 0 unspecified atom stereocenters. The van der Waals surface area contributed by atoms with E-state index in [9.17, 15) is 4.79 Å². The first-order valence-corrected chi connectivity index (χ1v) is 5.96. The van der Waals surface area contributed by atoms with Crippen molar-refractivity contribution in [3.63, 3.8) is 0 Å². The summed E-state index contributed by atoms with van der Waals surface area (Å²) in [5.74, 6) is 0.101. The van der Waals surface area contributed by atoms with Crippen LogP contribution in [0.25, 0.3) is 0 Å². The molecule has 84 valence electrons. The average molecular weight is 256 g/mol. The smallest absolute Gasteiger partial charge is 0.289 e. The molecule has 0 bridgehead atoms. The van der Waals surface area contributed by atoms with Crippen molar-refractivity contribution in [2.45, 2.75) is 6.54 Å². The molecule has 0 N–H and O–H groups in total. The fraction of sp³-hybridized carbons (Fsp3) is 0.182. The van der Waals surface area contributed by atoms with Gasteiger partial charge in [-0.1, -0.05) is 6.07 Å². The van der Waals surface area contributed by atoms with Crippen LogP contribution in [0.5, 0.6) is 0 Å². The van der Waals surface area contributed by atoms with Crippen LogP contribution < -0.4 is 0 Å². The Kier molecular flexibility index (Phi) is 3.31. The van der Waals surface area contributed by atoms with Crippen LogP contribution in [0.1, 0.15) is 15.4 Å². The predicted molar refractivity (Wildman–Crippen MR) is 63.8 cm³/mol. The van der Waals surface area contributed by atoms with Crippen LogP contribution in [0.15, 0.2) is 34.1 Å². The van der Waals surface area contributed by atoms with Gasteiger partial charge in [-0.15, -0.1) is 11.3 Å². The molecule has 0 spiro atoms. The van der Waals surface area contributed by atoms with Crippen LogP contribution in [-0.2, 0) is 6.54 Å². The zero-order chi connectivity index (χ0) is 11.5. The summed E-state index contributed by atoms with van der Waals surface area (Å²) in [6.45, 7) is 0.578. The van der Waals surface area contributed by atoms with Crippen LogP contribution in [0.2, 0.25) is 5.22 Å². The van der Waals surface area contributed by atoms with E-state index in [0.717, 1.165) is 4.88 Å². The maximum atomic E-state index is 11.9. The minimum Gasteiger partial charge on any atom is -0.440 e. The summed E-state index contributed by atoms with van der Waals surface area (Å²) in [5, 5.41) is 2.21. The predicted octanol–water partition coefficient (Wildman–Crippen LogP) is 3.27. The Balaban J connectivity index is 2.05. The van der Waals surface area contributed by atoms with Gasteiger partial charge in [0.15, 0.2) is 11.0 Å². The molecule has 2 aromatic heterocycles. The van der Waals surface area contributed by atoms with Crippen molar-refractivity contribution in [2.75, 3.05) is 7.05 Å². The van der Waals surface area contributed by atoms with Crippen LogP contribution in [0.4, 0.5) is 0 Å². The third kappa shape index (κ3) is 2.46.